The molecular weight excluding hydrogens is 310 g/mol. The average Bonchev–Trinajstić information content (AvgIpc) is 2.55. The van der Waals surface area contributed by atoms with E-state index in [4.69, 9.17) is 4.74 Å². The van der Waals surface area contributed by atoms with Gasteiger partial charge in [0.25, 0.3) is 0 Å². The molecule has 1 heterocycles. The second-order valence-corrected chi connectivity index (χ2v) is 6.56. The van der Waals surface area contributed by atoms with Crippen molar-refractivity contribution in [3.8, 4) is 0 Å². The second-order valence-electron chi connectivity index (χ2n) is 5.68. The summed E-state index contributed by atoms with van der Waals surface area (Å²) in [6.45, 7) is 11.7. The molecule has 94 valence electrons. The van der Waals surface area contributed by atoms with E-state index < -0.39 is 0 Å². The minimum Gasteiger partial charge on any atom is -0.382 e. The van der Waals surface area contributed by atoms with Crippen LogP contribution in [0.3, 0.4) is 0 Å². The first kappa shape index (κ1) is 14.8. The van der Waals surface area contributed by atoms with E-state index in [1.807, 2.05) is 0 Å². The van der Waals surface area contributed by atoms with Crippen LogP contribution in [0.15, 0.2) is 0 Å². The summed E-state index contributed by atoms with van der Waals surface area (Å²) >= 11 is 2.45. The molecule has 0 spiro atoms. The van der Waals surface area contributed by atoms with E-state index in [9.17, 15) is 0 Å². The summed E-state index contributed by atoms with van der Waals surface area (Å²) in [5.41, 5.74) is 0. The van der Waals surface area contributed by atoms with Gasteiger partial charge in [0.2, 0.25) is 5.14 Å². The molecule has 3 heteroatoms. The average molecular weight is 336 g/mol. The molecule has 6 atom stereocenters. The first-order valence-electron chi connectivity index (χ1n) is 6.72. The number of hydrogen-bond donors (Lipinski definition) is 0. The summed E-state index contributed by atoms with van der Waals surface area (Å²) in [7, 11) is 0. The zero-order valence-electron chi connectivity index (χ0n) is 11.4. The third kappa shape index (κ3) is 3.38. The molecule has 1 aliphatic rings. The Morgan fingerprint density at radius 2 is 1.81 bits per heavy atom. The Hall–Kier alpha value is 0.755. The van der Waals surface area contributed by atoms with E-state index in [0.717, 1.165) is 28.8 Å². The fourth-order valence-corrected chi connectivity index (χ4v) is 3.61. The minimum absolute atomic E-state index is 0.490. The molecular formula is C13H26BIO. The predicted molar refractivity (Wildman–Crippen MR) is 81.4 cm³/mol. The van der Waals surface area contributed by atoms with Gasteiger partial charge in [0.1, 0.15) is 0 Å². The highest BCUT2D eigenvalue weighted by Gasteiger charge is 2.39. The van der Waals surface area contributed by atoms with E-state index in [0.29, 0.717) is 12.1 Å². The van der Waals surface area contributed by atoms with Crippen molar-refractivity contribution >= 4 is 27.5 Å². The maximum atomic E-state index is 6.19. The molecule has 16 heavy (non-hydrogen) atoms. The number of hydrogen-bond acceptors (Lipinski definition) is 1. The van der Waals surface area contributed by atoms with Crippen LogP contribution in [-0.4, -0.2) is 17.2 Å². The van der Waals surface area contributed by atoms with Gasteiger partial charge in [-0.05, 0) is 30.1 Å². The number of rotatable bonds is 5. The first-order chi connectivity index (χ1) is 7.51. The summed E-state index contributed by atoms with van der Waals surface area (Å²) in [5.74, 6) is 3.07. The lowest BCUT2D eigenvalue weighted by Gasteiger charge is -2.24. The van der Waals surface area contributed by atoms with Gasteiger partial charge in [-0.15, -0.1) is 0 Å². The Balaban J connectivity index is 2.49. The maximum absolute atomic E-state index is 6.19. The Kier molecular flexibility index (Phi) is 6.13. The van der Waals surface area contributed by atoms with Crippen molar-refractivity contribution < 1.29 is 4.74 Å². The van der Waals surface area contributed by atoms with E-state index in [-0.39, 0.29) is 0 Å². The van der Waals surface area contributed by atoms with Crippen molar-refractivity contribution in [1.29, 1.82) is 0 Å². The van der Waals surface area contributed by atoms with Crippen LogP contribution in [0, 0.1) is 23.7 Å². The van der Waals surface area contributed by atoms with E-state index >= 15 is 0 Å². The molecule has 0 saturated carbocycles. The number of halogens is 1. The largest absolute Gasteiger partial charge is 0.382 e. The topological polar surface area (TPSA) is 9.23 Å². The molecule has 0 N–H and O–H groups in total. The summed E-state index contributed by atoms with van der Waals surface area (Å²) in [6, 6.07) is 0.490. The Morgan fingerprint density at radius 3 is 2.25 bits per heavy atom. The Labute approximate surface area is 115 Å². The third-order valence-corrected chi connectivity index (χ3v) is 5.59. The van der Waals surface area contributed by atoms with Crippen molar-refractivity contribution in [2.45, 2.75) is 59.6 Å². The third-order valence-electron chi connectivity index (χ3n) is 4.72. The molecule has 1 nitrogen and oxygen atoms in total. The van der Waals surface area contributed by atoms with Crippen LogP contribution in [-0.2, 0) is 4.74 Å². The molecule has 1 aliphatic heterocycles. The van der Waals surface area contributed by atoms with Crippen LogP contribution in [0.5, 0.6) is 0 Å². The smallest absolute Gasteiger partial charge is 0.233 e. The van der Waals surface area contributed by atoms with E-state index in [1.54, 1.807) is 0 Å². The van der Waals surface area contributed by atoms with E-state index in [2.05, 4.69) is 57.0 Å². The van der Waals surface area contributed by atoms with Gasteiger partial charge < -0.3 is 4.74 Å². The maximum Gasteiger partial charge on any atom is 0.233 e. The zero-order valence-corrected chi connectivity index (χ0v) is 13.5. The predicted octanol–water partition coefficient (Wildman–Crippen LogP) is 3.84. The van der Waals surface area contributed by atoms with Crippen molar-refractivity contribution in [3.05, 3.63) is 0 Å². The summed E-state index contributed by atoms with van der Waals surface area (Å²) in [4.78, 5) is 0. The van der Waals surface area contributed by atoms with Crippen LogP contribution in [0.25, 0.3) is 0 Å². The van der Waals surface area contributed by atoms with Crippen molar-refractivity contribution in [2.75, 3.05) is 0 Å². The van der Waals surface area contributed by atoms with Crippen molar-refractivity contribution in [3.63, 3.8) is 0 Å². The molecule has 3 unspecified atom stereocenters. The van der Waals surface area contributed by atoms with Gasteiger partial charge in [-0.1, -0.05) is 41.0 Å². The lowest BCUT2D eigenvalue weighted by Crippen LogP contribution is -2.21. The molecule has 0 aromatic heterocycles. The van der Waals surface area contributed by atoms with Gasteiger partial charge in [0.15, 0.2) is 0 Å². The molecule has 1 saturated heterocycles. The molecule has 0 amide bonds. The van der Waals surface area contributed by atoms with Crippen molar-refractivity contribution in [2.24, 2.45) is 23.7 Å². The highest BCUT2D eigenvalue weighted by atomic mass is 127. The SMILES string of the molecule is CC[C@H](C)[C@H](C)C[C@@H]1OC(BI)C(C)C1C. The fourth-order valence-electron chi connectivity index (χ4n) is 2.60. The monoisotopic (exact) mass is 336 g/mol. The number of ether oxygens (including phenoxy) is 1. The quantitative estimate of drug-likeness (QED) is 0.548. The van der Waals surface area contributed by atoms with Crippen LogP contribution in [0.4, 0.5) is 0 Å². The summed E-state index contributed by atoms with van der Waals surface area (Å²) < 4.78 is 6.19. The van der Waals surface area contributed by atoms with Gasteiger partial charge in [0.05, 0.1) is 6.10 Å². The van der Waals surface area contributed by atoms with Crippen LogP contribution in [0.1, 0.15) is 47.5 Å². The standard InChI is InChI=1S/C13H26BIO/c1-6-8(2)9(3)7-12-10(4)11(5)13(14-15)16-12/h8-14H,6-7H2,1-5H3/t8-,9+,10?,11?,12-,13?/m0/s1. The zero-order chi connectivity index (χ0) is 12.3. The van der Waals surface area contributed by atoms with E-state index in [1.165, 1.54) is 12.8 Å². The van der Waals surface area contributed by atoms with Crippen LogP contribution < -0.4 is 0 Å². The molecule has 0 aliphatic carbocycles. The normalized spacial score (nSPS) is 38.4. The highest BCUT2D eigenvalue weighted by molar-refractivity contribution is 14.1. The van der Waals surface area contributed by atoms with Gasteiger partial charge >= 0.3 is 0 Å². The summed E-state index contributed by atoms with van der Waals surface area (Å²) in [5, 5.41) is 1.14. The lowest BCUT2D eigenvalue weighted by atomic mass is 9.79. The summed E-state index contributed by atoms with van der Waals surface area (Å²) in [6.07, 6.45) is 3.03. The molecule has 0 bridgehead atoms. The fraction of sp³-hybridized carbons (Fsp3) is 1.00. The molecule has 0 aromatic rings. The highest BCUT2D eigenvalue weighted by Crippen LogP contribution is 2.36. The van der Waals surface area contributed by atoms with Crippen LogP contribution in [0.2, 0.25) is 0 Å². The van der Waals surface area contributed by atoms with Gasteiger partial charge in [-0.3, -0.25) is 0 Å². The van der Waals surface area contributed by atoms with Crippen LogP contribution >= 0.6 is 22.4 Å². The molecule has 0 aromatic carbocycles. The van der Waals surface area contributed by atoms with Gasteiger partial charge in [0, 0.05) is 6.00 Å². The van der Waals surface area contributed by atoms with Crippen molar-refractivity contribution in [1.82, 2.24) is 0 Å². The lowest BCUT2D eigenvalue weighted by molar-refractivity contribution is 0.0490. The first-order valence-corrected chi connectivity index (χ1v) is 8.25. The second kappa shape index (κ2) is 6.62. The van der Waals surface area contributed by atoms with Gasteiger partial charge in [-0.2, -0.15) is 22.4 Å². The molecule has 1 rings (SSSR count). The minimum atomic E-state index is 0.490. The Bertz CT molecular complexity index is 212. The molecule has 1 fully saturated rings. The Morgan fingerprint density at radius 1 is 1.19 bits per heavy atom. The molecule has 0 radical (unpaired) electrons. The van der Waals surface area contributed by atoms with Gasteiger partial charge in [-0.25, -0.2) is 0 Å².